The van der Waals surface area contributed by atoms with Gasteiger partial charge in [-0.2, -0.15) is 0 Å². The summed E-state index contributed by atoms with van der Waals surface area (Å²) in [5.41, 5.74) is 1.92. The molecule has 2 N–H and O–H groups in total. The summed E-state index contributed by atoms with van der Waals surface area (Å²) in [6.45, 7) is 4.07. The van der Waals surface area contributed by atoms with Crippen LogP contribution in [0.4, 0.5) is 0 Å². The predicted molar refractivity (Wildman–Crippen MR) is 116 cm³/mol. The van der Waals surface area contributed by atoms with Crippen molar-refractivity contribution in [3.8, 4) is 11.3 Å². The van der Waals surface area contributed by atoms with Gasteiger partial charge in [-0.15, -0.1) is 0 Å². The molecule has 1 aromatic heterocycles. The molecule has 150 valence electrons. The highest BCUT2D eigenvalue weighted by atomic mass is 16.3. The molecule has 3 aromatic rings. The van der Waals surface area contributed by atoms with Crippen LogP contribution in [0.25, 0.3) is 22.0 Å². The van der Waals surface area contributed by atoms with Gasteiger partial charge in [0.1, 0.15) is 0 Å². The number of nitrogens with zero attached hydrogens (tertiary/aromatic N) is 3. The van der Waals surface area contributed by atoms with Gasteiger partial charge < -0.3 is 10.4 Å². The summed E-state index contributed by atoms with van der Waals surface area (Å²) >= 11 is 0. The van der Waals surface area contributed by atoms with E-state index in [1.165, 1.54) is 10.8 Å². The van der Waals surface area contributed by atoms with E-state index < -0.39 is 0 Å². The highest BCUT2D eigenvalue weighted by Crippen LogP contribution is 2.36. The van der Waals surface area contributed by atoms with Crippen LogP contribution in [0.15, 0.2) is 54.7 Å². The number of hydrogen-bond acceptors (Lipinski definition) is 5. The molecule has 2 fully saturated rings. The van der Waals surface area contributed by atoms with Gasteiger partial charge in [0.05, 0.1) is 11.2 Å². The second kappa shape index (κ2) is 7.82. The Labute approximate surface area is 171 Å². The Morgan fingerprint density at radius 1 is 1.14 bits per heavy atom. The van der Waals surface area contributed by atoms with Crippen LogP contribution in [0.3, 0.4) is 0 Å². The van der Waals surface area contributed by atoms with Gasteiger partial charge in [-0.25, -0.2) is 9.97 Å². The number of aliphatic hydroxyl groups excluding tert-OH is 1. The number of rotatable bonds is 4. The fourth-order valence-electron chi connectivity index (χ4n) is 4.98. The van der Waals surface area contributed by atoms with E-state index >= 15 is 0 Å². The van der Waals surface area contributed by atoms with Crippen LogP contribution in [0.2, 0.25) is 0 Å². The van der Waals surface area contributed by atoms with Crippen molar-refractivity contribution in [2.24, 2.45) is 5.92 Å². The highest BCUT2D eigenvalue weighted by Gasteiger charge is 2.45. The molecular formula is C24H28N4O. The molecule has 0 aliphatic carbocycles. The molecule has 0 bridgehead atoms. The lowest BCUT2D eigenvalue weighted by Gasteiger charge is -2.44. The monoisotopic (exact) mass is 388 g/mol. The van der Waals surface area contributed by atoms with E-state index in [4.69, 9.17) is 9.97 Å². The van der Waals surface area contributed by atoms with Crippen LogP contribution in [-0.4, -0.2) is 52.8 Å². The Balaban J connectivity index is 1.52. The summed E-state index contributed by atoms with van der Waals surface area (Å²) < 4.78 is 0. The quantitative estimate of drug-likeness (QED) is 0.719. The van der Waals surface area contributed by atoms with Gasteiger partial charge in [0.2, 0.25) is 0 Å². The number of benzene rings is 2. The first-order chi connectivity index (χ1) is 14.3. The van der Waals surface area contributed by atoms with Crippen molar-refractivity contribution < 1.29 is 5.11 Å². The van der Waals surface area contributed by atoms with E-state index in [0.717, 1.165) is 62.5 Å². The zero-order valence-corrected chi connectivity index (χ0v) is 16.7. The summed E-state index contributed by atoms with van der Waals surface area (Å²) in [4.78, 5) is 12.4. The van der Waals surface area contributed by atoms with Crippen molar-refractivity contribution in [3.05, 3.63) is 60.6 Å². The van der Waals surface area contributed by atoms with Crippen LogP contribution < -0.4 is 5.32 Å². The fourth-order valence-corrected chi connectivity index (χ4v) is 4.98. The van der Waals surface area contributed by atoms with Crippen molar-refractivity contribution in [1.29, 1.82) is 0 Å². The number of likely N-dealkylation sites (tertiary alicyclic amines) is 1. The average Bonchev–Trinajstić information content (AvgIpc) is 3.30. The van der Waals surface area contributed by atoms with Crippen molar-refractivity contribution in [2.75, 3.05) is 32.8 Å². The zero-order chi connectivity index (χ0) is 19.7. The van der Waals surface area contributed by atoms with Gasteiger partial charge in [-0.3, -0.25) is 4.90 Å². The Bertz CT molecular complexity index is 999. The molecule has 5 rings (SSSR count). The van der Waals surface area contributed by atoms with Gasteiger partial charge in [-0.1, -0.05) is 36.4 Å². The predicted octanol–water partition coefficient (Wildman–Crippen LogP) is 3.19. The lowest BCUT2D eigenvalue weighted by atomic mass is 9.88. The summed E-state index contributed by atoms with van der Waals surface area (Å²) in [5, 5.41) is 15.7. The van der Waals surface area contributed by atoms with Gasteiger partial charge in [0.25, 0.3) is 0 Å². The average molecular weight is 389 g/mol. The normalized spacial score (nSPS) is 25.5. The molecule has 3 heterocycles. The van der Waals surface area contributed by atoms with Crippen LogP contribution in [0.5, 0.6) is 0 Å². The first kappa shape index (κ1) is 18.7. The number of hydrogen-bond donors (Lipinski definition) is 2. The first-order valence-electron chi connectivity index (χ1n) is 10.7. The minimum Gasteiger partial charge on any atom is -0.396 e. The molecule has 2 aromatic carbocycles. The minimum absolute atomic E-state index is 0.180. The van der Waals surface area contributed by atoms with E-state index in [0.29, 0.717) is 5.92 Å². The molecule has 0 spiro atoms. The molecule has 2 atom stereocenters. The van der Waals surface area contributed by atoms with E-state index in [-0.39, 0.29) is 12.1 Å². The Morgan fingerprint density at radius 3 is 2.86 bits per heavy atom. The van der Waals surface area contributed by atoms with E-state index in [2.05, 4.69) is 52.7 Å². The maximum atomic E-state index is 9.71. The Kier molecular flexibility index (Phi) is 5.04. The maximum absolute atomic E-state index is 9.71. The molecule has 0 radical (unpaired) electrons. The van der Waals surface area contributed by atoms with Crippen molar-refractivity contribution in [3.63, 3.8) is 0 Å². The van der Waals surface area contributed by atoms with E-state index in [9.17, 15) is 5.11 Å². The van der Waals surface area contributed by atoms with Gasteiger partial charge in [0.15, 0.2) is 5.82 Å². The standard InChI is InChI=1S/C24H28N4O/c29-16-18-4-3-13-28(15-18)24(10-12-25-17-24)23-26-11-9-22(27-23)21-8-7-19-5-1-2-6-20(19)14-21/h1-2,5-9,11,14,18,25,29H,3-4,10,12-13,15-17H2/t18?,24-/m1/s1. The topological polar surface area (TPSA) is 61.3 Å². The van der Waals surface area contributed by atoms with E-state index in [1.807, 2.05) is 12.3 Å². The SMILES string of the molecule is OCC1CCCN([C@]2(c3nccc(-c4ccc5ccccc5c4)n3)CCNC2)C1. The number of fused-ring (bicyclic) bond motifs is 1. The molecule has 0 saturated carbocycles. The third-order valence-electron chi connectivity index (χ3n) is 6.63. The van der Waals surface area contributed by atoms with Crippen molar-refractivity contribution >= 4 is 10.8 Å². The summed E-state index contributed by atoms with van der Waals surface area (Å²) in [6, 6.07) is 17.0. The minimum atomic E-state index is -0.180. The number of aliphatic hydroxyl groups is 1. The first-order valence-corrected chi connectivity index (χ1v) is 10.7. The zero-order valence-electron chi connectivity index (χ0n) is 16.7. The van der Waals surface area contributed by atoms with Crippen LogP contribution in [0.1, 0.15) is 25.1 Å². The molecule has 2 saturated heterocycles. The molecule has 5 heteroatoms. The van der Waals surface area contributed by atoms with Crippen molar-refractivity contribution in [2.45, 2.75) is 24.8 Å². The highest BCUT2D eigenvalue weighted by molar-refractivity contribution is 5.86. The number of aromatic nitrogens is 2. The smallest absolute Gasteiger partial charge is 0.150 e. The third-order valence-corrected chi connectivity index (χ3v) is 6.63. The maximum Gasteiger partial charge on any atom is 0.150 e. The number of nitrogens with one attached hydrogen (secondary N) is 1. The van der Waals surface area contributed by atoms with Crippen molar-refractivity contribution in [1.82, 2.24) is 20.2 Å². The lowest BCUT2D eigenvalue weighted by Crippen LogP contribution is -2.53. The van der Waals surface area contributed by atoms with Crippen LogP contribution in [0, 0.1) is 5.92 Å². The largest absolute Gasteiger partial charge is 0.396 e. The summed E-state index contributed by atoms with van der Waals surface area (Å²) in [5.74, 6) is 1.26. The second-order valence-electron chi connectivity index (χ2n) is 8.42. The second-order valence-corrected chi connectivity index (χ2v) is 8.42. The molecular weight excluding hydrogens is 360 g/mol. The van der Waals surface area contributed by atoms with Gasteiger partial charge in [-0.05, 0) is 61.2 Å². The van der Waals surface area contributed by atoms with Gasteiger partial charge in [0, 0.05) is 31.5 Å². The summed E-state index contributed by atoms with van der Waals surface area (Å²) in [6.07, 6.45) is 5.14. The molecule has 5 nitrogen and oxygen atoms in total. The molecule has 2 aliphatic heterocycles. The van der Waals surface area contributed by atoms with Crippen LogP contribution >= 0.6 is 0 Å². The van der Waals surface area contributed by atoms with E-state index in [1.54, 1.807) is 0 Å². The van der Waals surface area contributed by atoms with Crippen LogP contribution in [-0.2, 0) is 5.54 Å². The summed E-state index contributed by atoms with van der Waals surface area (Å²) in [7, 11) is 0. The Morgan fingerprint density at radius 2 is 2.03 bits per heavy atom. The molecule has 29 heavy (non-hydrogen) atoms. The molecule has 0 amide bonds. The lowest BCUT2D eigenvalue weighted by molar-refractivity contribution is 0.0296. The Hall–Kier alpha value is -2.34. The number of piperidine rings is 1. The third kappa shape index (κ3) is 3.44. The molecule has 1 unspecified atom stereocenters. The van der Waals surface area contributed by atoms with Gasteiger partial charge >= 0.3 is 0 Å². The fraction of sp³-hybridized carbons (Fsp3) is 0.417. The molecule has 2 aliphatic rings.